The van der Waals surface area contributed by atoms with E-state index in [0.29, 0.717) is 0 Å². The van der Waals surface area contributed by atoms with Crippen molar-refractivity contribution < 1.29 is 18.4 Å². The fourth-order valence-electron chi connectivity index (χ4n) is 1.29. The molecule has 0 saturated carbocycles. The van der Waals surface area contributed by atoms with Crippen molar-refractivity contribution in [3.8, 4) is 0 Å². The topological polar surface area (TPSA) is 34.1 Å². The van der Waals surface area contributed by atoms with Gasteiger partial charge in [-0.2, -0.15) is 0 Å². The van der Waals surface area contributed by atoms with Crippen molar-refractivity contribution in [3.63, 3.8) is 0 Å². The first-order chi connectivity index (χ1) is 7.41. The van der Waals surface area contributed by atoms with Gasteiger partial charge in [-0.15, -0.1) is 0 Å². The van der Waals surface area contributed by atoms with Crippen LogP contribution in [0, 0.1) is 17.6 Å². The molecule has 1 rings (SSSR count). The summed E-state index contributed by atoms with van der Waals surface area (Å²) in [6.45, 7) is 3.54. The molecule has 0 amide bonds. The Balaban J connectivity index is 2.96. The molecular formula is C12H12F2O2. The Morgan fingerprint density at radius 1 is 1.25 bits per heavy atom. The smallest absolute Gasteiger partial charge is 0.231 e. The molecule has 0 unspecified atom stereocenters. The monoisotopic (exact) mass is 226 g/mol. The summed E-state index contributed by atoms with van der Waals surface area (Å²) in [5.41, 5.74) is -0.495. The third kappa shape index (κ3) is 2.95. The third-order valence-corrected chi connectivity index (χ3v) is 2.02. The number of ketones is 2. The summed E-state index contributed by atoms with van der Waals surface area (Å²) in [6.07, 6.45) is 0.0365. The van der Waals surface area contributed by atoms with Gasteiger partial charge in [-0.3, -0.25) is 9.59 Å². The van der Waals surface area contributed by atoms with Crippen molar-refractivity contribution in [1.82, 2.24) is 0 Å². The molecule has 1 aromatic rings. The number of rotatable bonds is 4. The summed E-state index contributed by atoms with van der Waals surface area (Å²) >= 11 is 0. The molecule has 0 radical (unpaired) electrons. The highest BCUT2D eigenvalue weighted by Crippen LogP contribution is 2.13. The van der Waals surface area contributed by atoms with Crippen LogP contribution in [0.25, 0.3) is 0 Å². The van der Waals surface area contributed by atoms with E-state index in [1.165, 1.54) is 0 Å². The van der Waals surface area contributed by atoms with Crippen LogP contribution in [0.2, 0.25) is 0 Å². The summed E-state index contributed by atoms with van der Waals surface area (Å²) in [5.74, 6) is -3.26. The van der Waals surface area contributed by atoms with Crippen molar-refractivity contribution in [2.75, 3.05) is 0 Å². The average Bonchev–Trinajstić information content (AvgIpc) is 2.19. The van der Waals surface area contributed by atoms with E-state index in [1.807, 2.05) is 0 Å². The minimum Gasteiger partial charge on any atom is -0.290 e. The van der Waals surface area contributed by atoms with Crippen molar-refractivity contribution in [1.29, 1.82) is 0 Å². The summed E-state index contributed by atoms with van der Waals surface area (Å²) < 4.78 is 26.0. The van der Waals surface area contributed by atoms with Crippen LogP contribution in [0.3, 0.4) is 0 Å². The standard InChI is InChI=1S/C12H12F2O2/c1-7(2)5-11(15)12(16)9-6-8(13)3-4-10(9)14/h3-4,6-7H,5H2,1-2H3. The molecule has 86 valence electrons. The molecule has 0 N–H and O–H groups in total. The second-order valence-electron chi connectivity index (χ2n) is 3.97. The van der Waals surface area contributed by atoms with Gasteiger partial charge in [0.1, 0.15) is 11.6 Å². The lowest BCUT2D eigenvalue weighted by atomic mass is 9.99. The molecule has 1 aromatic carbocycles. The Morgan fingerprint density at radius 3 is 2.44 bits per heavy atom. The molecule has 0 spiro atoms. The molecule has 0 aliphatic rings. The molecule has 0 aliphatic carbocycles. The normalized spacial score (nSPS) is 10.6. The molecule has 0 aromatic heterocycles. The zero-order chi connectivity index (χ0) is 12.3. The molecule has 0 heterocycles. The highest BCUT2D eigenvalue weighted by Gasteiger charge is 2.21. The molecule has 0 bridgehead atoms. The van der Waals surface area contributed by atoms with E-state index < -0.39 is 28.8 Å². The van der Waals surface area contributed by atoms with E-state index >= 15 is 0 Å². The van der Waals surface area contributed by atoms with Gasteiger partial charge in [0.2, 0.25) is 11.6 Å². The van der Waals surface area contributed by atoms with Crippen molar-refractivity contribution in [2.45, 2.75) is 20.3 Å². The largest absolute Gasteiger partial charge is 0.290 e. The van der Waals surface area contributed by atoms with E-state index in [4.69, 9.17) is 0 Å². The van der Waals surface area contributed by atoms with Crippen LogP contribution in [-0.4, -0.2) is 11.6 Å². The van der Waals surface area contributed by atoms with Gasteiger partial charge in [0, 0.05) is 6.42 Å². The third-order valence-electron chi connectivity index (χ3n) is 2.02. The summed E-state index contributed by atoms with van der Waals surface area (Å²) in [5, 5.41) is 0. The van der Waals surface area contributed by atoms with Crippen LogP contribution in [0.4, 0.5) is 8.78 Å². The van der Waals surface area contributed by atoms with Crippen LogP contribution in [0.1, 0.15) is 30.6 Å². The number of hydrogen-bond donors (Lipinski definition) is 0. The molecular weight excluding hydrogens is 214 g/mol. The maximum atomic E-state index is 13.2. The first kappa shape index (κ1) is 12.5. The van der Waals surface area contributed by atoms with E-state index in [9.17, 15) is 18.4 Å². The number of halogens is 2. The van der Waals surface area contributed by atoms with Gasteiger partial charge < -0.3 is 0 Å². The lowest BCUT2D eigenvalue weighted by molar-refractivity contribution is -0.115. The maximum Gasteiger partial charge on any atom is 0.231 e. The second kappa shape index (κ2) is 4.96. The highest BCUT2D eigenvalue weighted by molar-refractivity contribution is 6.43. The Kier molecular flexibility index (Phi) is 3.88. The van der Waals surface area contributed by atoms with Crippen LogP contribution in [0.5, 0.6) is 0 Å². The Morgan fingerprint density at radius 2 is 1.88 bits per heavy atom. The van der Waals surface area contributed by atoms with E-state index in [-0.39, 0.29) is 12.3 Å². The molecule has 4 heteroatoms. The number of carbonyl (C=O) groups excluding carboxylic acids is 2. The Hall–Kier alpha value is -1.58. The van der Waals surface area contributed by atoms with Gasteiger partial charge in [0.15, 0.2) is 0 Å². The predicted octanol–water partition coefficient (Wildman–Crippen LogP) is 2.76. The first-order valence-corrected chi connectivity index (χ1v) is 4.94. The summed E-state index contributed by atoms with van der Waals surface area (Å²) in [6, 6.07) is 2.49. The fraction of sp³-hybridized carbons (Fsp3) is 0.333. The number of Topliss-reactive ketones (excluding diaryl/α,β-unsaturated/α-hetero) is 2. The van der Waals surface area contributed by atoms with Gasteiger partial charge in [-0.05, 0) is 24.1 Å². The minimum atomic E-state index is -0.967. The van der Waals surface area contributed by atoms with Gasteiger partial charge in [-0.25, -0.2) is 8.78 Å². The zero-order valence-electron chi connectivity index (χ0n) is 9.09. The highest BCUT2D eigenvalue weighted by atomic mass is 19.1. The number of benzene rings is 1. The zero-order valence-corrected chi connectivity index (χ0v) is 9.09. The van der Waals surface area contributed by atoms with Crippen molar-refractivity contribution >= 4 is 11.6 Å². The van der Waals surface area contributed by atoms with E-state index in [1.54, 1.807) is 13.8 Å². The van der Waals surface area contributed by atoms with Crippen molar-refractivity contribution in [2.24, 2.45) is 5.92 Å². The fourth-order valence-corrected chi connectivity index (χ4v) is 1.29. The van der Waals surface area contributed by atoms with Gasteiger partial charge in [0.25, 0.3) is 0 Å². The van der Waals surface area contributed by atoms with Gasteiger partial charge >= 0.3 is 0 Å². The van der Waals surface area contributed by atoms with Crippen LogP contribution in [-0.2, 0) is 4.79 Å². The summed E-state index contributed by atoms with van der Waals surface area (Å²) in [7, 11) is 0. The van der Waals surface area contributed by atoms with Crippen LogP contribution >= 0.6 is 0 Å². The maximum absolute atomic E-state index is 13.2. The molecule has 0 saturated heterocycles. The lowest BCUT2D eigenvalue weighted by Crippen LogP contribution is -2.17. The Bertz CT molecular complexity index is 425. The van der Waals surface area contributed by atoms with Gasteiger partial charge in [0.05, 0.1) is 5.56 Å². The van der Waals surface area contributed by atoms with Gasteiger partial charge in [-0.1, -0.05) is 13.8 Å². The second-order valence-corrected chi connectivity index (χ2v) is 3.97. The lowest BCUT2D eigenvalue weighted by Gasteiger charge is -2.04. The number of hydrogen-bond acceptors (Lipinski definition) is 2. The van der Waals surface area contributed by atoms with E-state index in [0.717, 1.165) is 18.2 Å². The average molecular weight is 226 g/mol. The number of carbonyl (C=O) groups is 2. The molecule has 2 nitrogen and oxygen atoms in total. The molecule has 16 heavy (non-hydrogen) atoms. The quantitative estimate of drug-likeness (QED) is 0.584. The molecule has 0 fully saturated rings. The minimum absolute atomic E-state index is 0.00747. The van der Waals surface area contributed by atoms with Crippen LogP contribution in [0.15, 0.2) is 18.2 Å². The SMILES string of the molecule is CC(C)CC(=O)C(=O)c1cc(F)ccc1F. The summed E-state index contributed by atoms with van der Waals surface area (Å²) in [4.78, 5) is 22.9. The Labute approximate surface area is 92.3 Å². The predicted molar refractivity (Wildman–Crippen MR) is 55.2 cm³/mol. The molecule has 0 atom stereocenters. The van der Waals surface area contributed by atoms with E-state index in [2.05, 4.69) is 0 Å². The van der Waals surface area contributed by atoms with Crippen molar-refractivity contribution in [3.05, 3.63) is 35.4 Å². The van der Waals surface area contributed by atoms with Crippen LogP contribution < -0.4 is 0 Å². The molecule has 0 aliphatic heterocycles. The first-order valence-electron chi connectivity index (χ1n) is 4.94.